The van der Waals surface area contributed by atoms with Gasteiger partial charge in [-0.15, -0.1) is 0 Å². The molecule has 1 aromatic carbocycles. The second-order valence-electron chi connectivity index (χ2n) is 6.47. The minimum atomic E-state index is -0.214. The number of nitrogens with zero attached hydrogens (tertiary/aromatic N) is 1. The first kappa shape index (κ1) is 15.0. The third-order valence-electron chi connectivity index (χ3n) is 3.96. The maximum atomic E-state index is 12.7. The van der Waals surface area contributed by atoms with Gasteiger partial charge in [0, 0.05) is 12.5 Å². The molecule has 0 N–H and O–H groups in total. The molecule has 3 nitrogen and oxygen atoms in total. The number of hydrogen-bond acceptors (Lipinski definition) is 2. The zero-order valence-corrected chi connectivity index (χ0v) is 12.9. The van der Waals surface area contributed by atoms with Crippen LogP contribution in [0.25, 0.3) is 0 Å². The molecule has 1 amide bonds. The highest BCUT2D eigenvalue weighted by Crippen LogP contribution is 2.25. The molecule has 20 heavy (non-hydrogen) atoms. The van der Waals surface area contributed by atoms with Gasteiger partial charge in [-0.3, -0.25) is 4.79 Å². The van der Waals surface area contributed by atoms with Gasteiger partial charge in [-0.1, -0.05) is 37.3 Å². The third-order valence-corrected chi connectivity index (χ3v) is 3.96. The number of carbonyl (C=O) groups excluding carboxylic acids is 1. The Morgan fingerprint density at radius 2 is 2.05 bits per heavy atom. The lowest BCUT2D eigenvalue weighted by molar-refractivity contribution is -0.156. The van der Waals surface area contributed by atoms with Crippen LogP contribution in [0.5, 0.6) is 0 Å². The molecule has 0 bridgehead atoms. The molecule has 0 saturated carbocycles. The largest absolute Gasteiger partial charge is 0.374 e. The van der Waals surface area contributed by atoms with Gasteiger partial charge in [0.15, 0.2) is 0 Å². The van der Waals surface area contributed by atoms with Gasteiger partial charge in [-0.05, 0) is 32.8 Å². The van der Waals surface area contributed by atoms with Gasteiger partial charge in [0.1, 0.15) is 0 Å². The van der Waals surface area contributed by atoms with E-state index in [1.807, 2.05) is 36.9 Å². The molecule has 1 aliphatic rings. The van der Waals surface area contributed by atoms with Crippen LogP contribution in [0.4, 0.5) is 0 Å². The molecule has 1 saturated heterocycles. The lowest BCUT2D eigenvalue weighted by atomic mass is 9.94. The van der Waals surface area contributed by atoms with Crippen molar-refractivity contribution in [3.05, 3.63) is 35.9 Å². The summed E-state index contributed by atoms with van der Waals surface area (Å²) in [6, 6.07) is 10.2. The normalized spacial score (nSPS) is 23.4. The van der Waals surface area contributed by atoms with E-state index in [1.165, 1.54) is 5.56 Å². The van der Waals surface area contributed by atoms with Crippen LogP contribution in [0.3, 0.4) is 0 Å². The molecule has 110 valence electrons. The minimum absolute atomic E-state index is 0.00183. The van der Waals surface area contributed by atoms with E-state index < -0.39 is 0 Å². The number of carbonyl (C=O) groups is 1. The van der Waals surface area contributed by atoms with E-state index in [0.29, 0.717) is 13.2 Å². The molecule has 1 aliphatic heterocycles. The highest BCUT2D eigenvalue weighted by molar-refractivity contribution is 5.79. The Morgan fingerprint density at radius 1 is 1.40 bits per heavy atom. The molecule has 1 fully saturated rings. The van der Waals surface area contributed by atoms with Crippen LogP contribution in [0, 0.1) is 5.92 Å². The van der Waals surface area contributed by atoms with E-state index in [9.17, 15) is 4.79 Å². The zero-order chi connectivity index (χ0) is 14.8. The summed E-state index contributed by atoms with van der Waals surface area (Å²) < 4.78 is 5.68. The summed E-state index contributed by atoms with van der Waals surface area (Å²) in [6.45, 7) is 9.49. The topological polar surface area (TPSA) is 29.5 Å². The maximum absolute atomic E-state index is 12.7. The van der Waals surface area contributed by atoms with Crippen LogP contribution in [0.2, 0.25) is 0 Å². The number of ether oxygens (including phenoxy) is 1. The van der Waals surface area contributed by atoms with Crippen molar-refractivity contribution < 1.29 is 9.53 Å². The summed E-state index contributed by atoms with van der Waals surface area (Å²) in [4.78, 5) is 14.7. The van der Waals surface area contributed by atoms with Crippen molar-refractivity contribution in [3.8, 4) is 0 Å². The molecule has 0 radical (unpaired) electrons. The maximum Gasteiger partial charge on any atom is 0.226 e. The molecule has 3 heteroatoms. The molecule has 2 rings (SSSR count). The zero-order valence-electron chi connectivity index (χ0n) is 12.9. The van der Waals surface area contributed by atoms with Crippen molar-refractivity contribution in [2.24, 2.45) is 5.92 Å². The molecular formula is C17H25NO2. The molecule has 2 atom stereocenters. The Balaban J connectivity index is 2.05. The summed E-state index contributed by atoms with van der Waals surface area (Å²) in [5.41, 5.74) is 1.00. The van der Waals surface area contributed by atoms with E-state index in [-0.39, 0.29) is 23.5 Å². The monoisotopic (exact) mass is 275 g/mol. The first-order chi connectivity index (χ1) is 9.40. The average molecular weight is 275 g/mol. The first-order valence-corrected chi connectivity index (χ1v) is 7.37. The molecule has 0 spiro atoms. The third kappa shape index (κ3) is 3.40. The summed E-state index contributed by atoms with van der Waals surface area (Å²) in [6.07, 6.45) is 0.914. The first-order valence-electron chi connectivity index (χ1n) is 7.37. The molecular weight excluding hydrogens is 250 g/mol. The summed E-state index contributed by atoms with van der Waals surface area (Å²) in [7, 11) is 0. The van der Waals surface area contributed by atoms with Gasteiger partial charge < -0.3 is 9.64 Å². The second kappa shape index (κ2) is 5.96. The number of benzene rings is 1. The van der Waals surface area contributed by atoms with E-state index >= 15 is 0 Å². The molecule has 0 aliphatic carbocycles. The second-order valence-corrected chi connectivity index (χ2v) is 6.47. The SMILES string of the molecule is CC1CN(C(=O)C(C)Cc2ccccc2)C(C)(C)CO1. The highest BCUT2D eigenvalue weighted by Gasteiger charge is 2.38. The van der Waals surface area contributed by atoms with Crippen LogP contribution < -0.4 is 0 Å². The summed E-state index contributed by atoms with van der Waals surface area (Å²) >= 11 is 0. The predicted molar refractivity (Wildman–Crippen MR) is 80.5 cm³/mol. The van der Waals surface area contributed by atoms with Crippen molar-refractivity contribution in [2.75, 3.05) is 13.2 Å². The van der Waals surface area contributed by atoms with Gasteiger partial charge in [0.25, 0.3) is 0 Å². The fraction of sp³-hybridized carbons (Fsp3) is 0.588. The fourth-order valence-electron chi connectivity index (χ4n) is 2.69. The Labute approximate surface area is 121 Å². The van der Waals surface area contributed by atoms with Crippen LogP contribution >= 0.6 is 0 Å². The van der Waals surface area contributed by atoms with Crippen LogP contribution in [-0.4, -0.2) is 35.6 Å². The van der Waals surface area contributed by atoms with Crippen molar-refractivity contribution in [1.82, 2.24) is 4.90 Å². The van der Waals surface area contributed by atoms with Gasteiger partial charge >= 0.3 is 0 Å². The molecule has 1 aromatic rings. The lowest BCUT2D eigenvalue weighted by Gasteiger charge is -2.45. The van der Waals surface area contributed by atoms with E-state index in [1.54, 1.807) is 0 Å². The number of hydrogen-bond donors (Lipinski definition) is 0. The Kier molecular flexibility index (Phi) is 4.48. The Hall–Kier alpha value is -1.35. The number of morpholine rings is 1. The van der Waals surface area contributed by atoms with E-state index in [2.05, 4.69) is 26.0 Å². The van der Waals surface area contributed by atoms with E-state index in [0.717, 1.165) is 6.42 Å². The van der Waals surface area contributed by atoms with Crippen LogP contribution in [-0.2, 0) is 16.0 Å². The van der Waals surface area contributed by atoms with Crippen molar-refractivity contribution in [2.45, 2.75) is 45.8 Å². The highest BCUT2D eigenvalue weighted by atomic mass is 16.5. The number of amides is 1. The van der Waals surface area contributed by atoms with Crippen molar-refractivity contribution in [3.63, 3.8) is 0 Å². The smallest absolute Gasteiger partial charge is 0.226 e. The summed E-state index contributed by atoms with van der Waals surface area (Å²) in [5.74, 6) is 0.232. The molecule has 2 unspecified atom stereocenters. The Morgan fingerprint density at radius 3 is 2.70 bits per heavy atom. The fourth-order valence-corrected chi connectivity index (χ4v) is 2.69. The standard InChI is InChI=1S/C17H25NO2/c1-13(10-15-8-6-5-7-9-15)16(19)18-11-14(2)20-12-17(18,3)4/h5-9,13-14H,10-12H2,1-4H3. The van der Waals surface area contributed by atoms with Crippen molar-refractivity contribution >= 4 is 5.91 Å². The number of rotatable bonds is 3. The van der Waals surface area contributed by atoms with Crippen LogP contribution in [0.15, 0.2) is 30.3 Å². The minimum Gasteiger partial charge on any atom is -0.374 e. The summed E-state index contributed by atoms with van der Waals surface area (Å²) in [5, 5.41) is 0. The van der Waals surface area contributed by atoms with Gasteiger partial charge in [0.2, 0.25) is 5.91 Å². The van der Waals surface area contributed by atoms with Crippen LogP contribution in [0.1, 0.15) is 33.3 Å². The average Bonchev–Trinajstić information content (AvgIpc) is 2.42. The lowest BCUT2D eigenvalue weighted by Crippen LogP contribution is -2.59. The Bertz CT molecular complexity index is 455. The predicted octanol–water partition coefficient (Wildman–Crippen LogP) is 2.89. The van der Waals surface area contributed by atoms with Gasteiger partial charge in [-0.2, -0.15) is 0 Å². The van der Waals surface area contributed by atoms with Crippen molar-refractivity contribution in [1.29, 1.82) is 0 Å². The van der Waals surface area contributed by atoms with E-state index in [4.69, 9.17) is 4.74 Å². The molecule has 0 aromatic heterocycles. The molecule has 1 heterocycles. The quantitative estimate of drug-likeness (QED) is 0.849. The van der Waals surface area contributed by atoms with Gasteiger partial charge in [-0.25, -0.2) is 0 Å². The van der Waals surface area contributed by atoms with Gasteiger partial charge in [0.05, 0.1) is 18.2 Å².